The summed E-state index contributed by atoms with van der Waals surface area (Å²) >= 11 is 6.00. The largest absolute Gasteiger partial charge is 0.492 e. The number of likely N-dealkylation sites (N-methyl/N-ethyl adjacent to an activating group) is 1. The third kappa shape index (κ3) is 6.62. The van der Waals surface area contributed by atoms with Crippen LogP contribution in [0.4, 0.5) is 0 Å². The van der Waals surface area contributed by atoms with E-state index in [0.717, 1.165) is 68.8 Å². The number of rotatable bonds is 9. The Kier molecular flexibility index (Phi) is 8.81. The van der Waals surface area contributed by atoms with Crippen molar-refractivity contribution < 1.29 is 4.74 Å². The number of halogens is 1. The number of aryl methyl sites for hydroxylation is 2. The van der Waals surface area contributed by atoms with E-state index < -0.39 is 0 Å². The van der Waals surface area contributed by atoms with Gasteiger partial charge >= 0.3 is 0 Å². The zero-order valence-corrected chi connectivity index (χ0v) is 18.9. The van der Waals surface area contributed by atoms with E-state index in [9.17, 15) is 0 Å². The number of benzene rings is 1. The first kappa shape index (κ1) is 22.4. The SMILES string of the molecule is CCNC(=NCCCc1nnc2n1CCCCC2)N(C)CCOc1cccc(Cl)c1. The lowest BCUT2D eigenvalue weighted by Crippen LogP contribution is -2.41. The second-order valence-electron chi connectivity index (χ2n) is 7.56. The van der Waals surface area contributed by atoms with Crippen molar-refractivity contribution in [1.82, 2.24) is 25.0 Å². The zero-order chi connectivity index (χ0) is 21.2. The highest BCUT2D eigenvalue weighted by Crippen LogP contribution is 2.17. The number of aromatic nitrogens is 3. The molecule has 0 saturated carbocycles. The Morgan fingerprint density at radius 2 is 2.20 bits per heavy atom. The summed E-state index contributed by atoms with van der Waals surface area (Å²) in [6, 6.07) is 7.47. The molecule has 0 saturated heterocycles. The summed E-state index contributed by atoms with van der Waals surface area (Å²) in [5.74, 6) is 3.94. The number of ether oxygens (including phenoxy) is 1. The average molecular weight is 433 g/mol. The van der Waals surface area contributed by atoms with Crippen LogP contribution < -0.4 is 10.1 Å². The van der Waals surface area contributed by atoms with Gasteiger partial charge in [-0.3, -0.25) is 4.99 Å². The maximum atomic E-state index is 6.00. The van der Waals surface area contributed by atoms with Gasteiger partial charge in [0, 0.05) is 44.5 Å². The smallest absolute Gasteiger partial charge is 0.193 e. The van der Waals surface area contributed by atoms with Crippen molar-refractivity contribution in [1.29, 1.82) is 0 Å². The molecule has 30 heavy (non-hydrogen) atoms. The molecule has 1 aliphatic heterocycles. The molecule has 1 aromatic heterocycles. The quantitative estimate of drug-likeness (QED) is 0.372. The fourth-order valence-corrected chi connectivity index (χ4v) is 3.77. The summed E-state index contributed by atoms with van der Waals surface area (Å²) in [5.41, 5.74) is 0. The molecule has 7 nitrogen and oxygen atoms in total. The maximum Gasteiger partial charge on any atom is 0.193 e. The lowest BCUT2D eigenvalue weighted by Gasteiger charge is -2.22. The number of nitrogens with one attached hydrogen (secondary N) is 1. The highest BCUT2D eigenvalue weighted by Gasteiger charge is 2.14. The van der Waals surface area contributed by atoms with Crippen LogP contribution in [-0.2, 0) is 19.4 Å². The monoisotopic (exact) mass is 432 g/mol. The molecule has 2 heterocycles. The van der Waals surface area contributed by atoms with E-state index >= 15 is 0 Å². The first-order chi connectivity index (χ1) is 14.7. The summed E-state index contributed by atoms with van der Waals surface area (Å²) < 4.78 is 8.12. The molecule has 1 aromatic carbocycles. The Bertz CT molecular complexity index is 822. The molecule has 0 fully saturated rings. The Hall–Kier alpha value is -2.28. The van der Waals surface area contributed by atoms with Gasteiger partial charge in [0.15, 0.2) is 5.96 Å². The van der Waals surface area contributed by atoms with Gasteiger partial charge in [-0.15, -0.1) is 10.2 Å². The normalized spacial score (nSPS) is 14.2. The third-order valence-corrected chi connectivity index (χ3v) is 5.43. The Morgan fingerprint density at radius 3 is 3.03 bits per heavy atom. The first-order valence-corrected chi connectivity index (χ1v) is 11.3. The van der Waals surface area contributed by atoms with E-state index in [1.54, 1.807) is 0 Å². The van der Waals surface area contributed by atoms with Gasteiger partial charge in [-0.2, -0.15) is 0 Å². The molecular weight excluding hydrogens is 400 g/mol. The van der Waals surface area contributed by atoms with Gasteiger partial charge in [0.2, 0.25) is 0 Å². The van der Waals surface area contributed by atoms with Gasteiger partial charge < -0.3 is 19.5 Å². The number of hydrogen-bond acceptors (Lipinski definition) is 4. The second kappa shape index (κ2) is 11.8. The van der Waals surface area contributed by atoms with Crippen LogP contribution in [0.3, 0.4) is 0 Å². The second-order valence-corrected chi connectivity index (χ2v) is 8.00. The van der Waals surface area contributed by atoms with Crippen LogP contribution >= 0.6 is 11.6 Å². The van der Waals surface area contributed by atoms with E-state index in [2.05, 4.69) is 31.9 Å². The summed E-state index contributed by atoms with van der Waals surface area (Å²) in [6.45, 7) is 6.01. The van der Waals surface area contributed by atoms with Gasteiger partial charge in [0.25, 0.3) is 0 Å². The van der Waals surface area contributed by atoms with E-state index in [1.165, 1.54) is 19.3 Å². The van der Waals surface area contributed by atoms with E-state index in [0.29, 0.717) is 11.6 Å². The lowest BCUT2D eigenvalue weighted by atomic mass is 10.2. The first-order valence-electron chi connectivity index (χ1n) is 11.0. The van der Waals surface area contributed by atoms with Crippen molar-refractivity contribution in [3.8, 4) is 5.75 Å². The molecule has 0 spiro atoms. The van der Waals surface area contributed by atoms with Gasteiger partial charge in [0.1, 0.15) is 24.0 Å². The number of hydrogen-bond donors (Lipinski definition) is 1. The fraction of sp³-hybridized carbons (Fsp3) is 0.591. The van der Waals surface area contributed by atoms with Crippen LogP contribution in [0, 0.1) is 0 Å². The number of fused-ring (bicyclic) bond motifs is 1. The molecule has 0 atom stereocenters. The van der Waals surface area contributed by atoms with Crippen LogP contribution in [0.25, 0.3) is 0 Å². The Labute approximate surface area is 184 Å². The van der Waals surface area contributed by atoms with E-state index in [1.807, 2.05) is 31.3 Å². The van der Waals surface area contributed by atoms with Crippen LogP contribution in [0.15, 0.2) is 29.3 Å². The minimum absolute atomic E-state index is 0.563. The fourth-order valence-electron chi connectivity index (χ4n) is 3.59. The molecule has 0 bridgehead atoms. The number of aliphatic imine (C=N–C) groups is 1. The zero-order valence-electron chi connectivity index (χ0n) is 18.1. The van der Waals surface area contributed by atoms with Gasteiger partial charge in [-0.05, 0) is 44.4 Å². The third-order valence-electron chi connectivity index (χ3n) is 5.19. The van der Waals surface area contributed by atoms with Crippen LogP contribution in [-0.4, -0.2) is 58.9 Å². The summed E-state index contributed by atoms with van der Waals surface area (Å²) in [7, 11) is 2.03. The molecule has 0 amide bonds. The number of nitrogens with zero attached hydrogens (tertiary/aromatic N) is 5. The number of guanidine groups is 1. The van der Waals surface area contributed by atoms with Crippen molar-refractivity contribution >= 4 is 17.6 Å². The van der Waals surface area contributed by atoms with Gasteiger partial charge in [-0.1, -0.05) is 24.1 Å². The summed E-state index contributed by atoms with van der Waals surface area (Å²) in [5, 5.41) is 12.8. The van der Waals surface area contributed by atoms with Crippen LogP contribution in [0.1, 0.15) is 44.3 Å². The molecule has 164 valence electrons. The molecule has 8 heteroatoms. The molecule has 0 aliphatic carbocycles. The van der Waals surface area contributed by atoms with Crippen LogP contribution in [0.2, 0.25) is 5.02 Å². The molecule has 0 radical (unpaired) electrons. The lowest BCUT2D eigenvalue weighted by molar-refractivity contribution is 0.281. The highest BCUT2D eigenvalue weighted by atomic mass is 35.5. The Morgan fingerprint density at radius 1 is 1.30 bits per heavy atom. The molecule has 1 N–H and O–H groups in total. The molecule has 2 aromatic rings. The maximum absolute atomic E-state index is 6.00. The van der Waals surface area contributed by atoms with Crippen molar-refractivity contribution in [2.75, 3.05) is 33.3 Å². The summed E-state index contributed by atoms with van der Waals surface area (Å²) in [4.78, 5) is 6.87. The molecule has 1 aliphatic rings. The van der Waals surface area contributed by atoms with Crippen LogP contribution in [0.5, 0.6) is 5.75 Å². The van der Waals surface area contributed by atoms with E-state index in [-0.39, 0.29) is 0 Å². The molecule has 0 unspecified atom stereocenters. The average Bonchev–Trinajstić information content (AvgIpc) is 2.96. The minimum atomic E-state index is 0.563. The topological polar surface area (TPSA) is 67.6 Å². The van der Waals surface area contributed by atoms with Crippen molar-refractivity contribution in [2.45, 2.75) is 52.0 Å². The predicted octanol–water partition coefficient (Wildman–Crippen LogP) is 3.57. The Balaban J connectivity index is 1.46. The highest BCUT2D eigenvalue weighted by molar-refractivity contribution is 6.30. The standard InChI is InChI=1S/C22H33ClN6O/c1-3-24-22(28(2)15-16-30-19-10-7-9-18(23)17-19)25-13-8-12-21-27-26-20-11-5-4-6-14-29(20)21/h7,9-10,17H,3-6,8,11-16H2,1-2H3,(H,24,25). The molecule has 3 rings (SSSR count). The van der Waals surface area contributed by atoms with E-state index in [4.69, 9.17) is 21.3 Å². The van der Waals surface area contributed by atoms with Crippen molar-refractivity contribution in [2.24, 2.45) is 4.99 Å². The van der Waals surface area contributed by atoms with Crippen molar-refractivity contribution in [3.63, 3.8) is 0 Å². The van der Waals surface area contributed by atoms with Gasteiger partial charge in [0.05, 0.1) is 6.54 Å². The minimum Gasteiger partial charge on any atom is -0.492 e. The van der Waals surface area contributed by atoms with Crippen molar-refractivity contribution in [3.05, 3.63) is 40.9 Å². The molecular formula is C22H33ClN6O. The summed E-state index contributed by atoms with van der Waals surface area (Å²) in [6.07, 6.45) is 6.66. The predicted molar refractivity (Wildman–Crippen MR) is 121 cm³/mol. The van der Waals surface area contributed by atoms with Gasteiger partial charge in [-0.25, -0.2) is 0 Å².